The van der Waals surface area contributed by atoms with Crippen LogP contribution in [0.4, 0.5) is 5.82 Å². The number of nitrogens with zero attached hydrogens (tertiary/aromatic N) is 3. The summed E-state index contributed by atoms with van der Waals surface area (Å²) in [5.41, 5.74) is 4.77. The van der Waals surface area contributed by atoms with Crippen LogP contribution in [0.2, 0.25) is 0 Å². The van der Waals surface area contributed by atoms with Gasteiger partial charge in [0.15, 0.2) is 0 Å². The molecule has 0 atom stereocenters. The first-order valence-corrected chi connectivity index (χ1v) is 8.15. The van der Waals surface area contributed by atoms with E-state index in [4.69, 9.17) is 5.11 Å². The van der Waals surface area contributed by atoms with Crippen LogP contribution in [0, 0.1) is 0 Å². The van der Waals surface area contributed by atoms with Crippen molar-refractivity contribution < 1.29 is 9.90 Å². The number of aliphatic hydroxyl groups is 1. The molecule has 0 spiro atoms. The average molecular weight is 334 g/mol. The summed E-state index contributed by atoms with van der Waals surface area (Å²) < 4.78 is 0. The summed E-state index contributed by atoms with van der Waals surface area (Å²) in [6.45, 7) is 1.11. The van der Waals surface area contributed by atoms with Crippen LogP contribution in [0.3, 0.4) is 0 Å². The molecule has 3 aromatic rings. The number of amides is 1. The van der Waals surface area contributed by atoms with Crippen molar-refractivity contribution in [3.05, 3.63) is 53.9 Å². The Morgan fingerprint density at radius 3 is 2.80 bits per heavy atom. The van der Waals surface area contributed by atoms with Gasteiger partial charge in [-0.3, -0.25) is 4.79 Å². The van der Waals surface area contributed by atoms with E-state index in [9.17, 15) is 4.79 Å². The third kappa shape index (κ3) is 2.70. The molecule has 0 unspecified atom stereocenters. The number of benzene rings is 2. The van der Waals surface area contributed by atoms with Gasteiger partial charge in [0.25, 0.3) is 5.91 Å². The highest BCUT2D eigenvalue weighted by atomic mass is 16.3. The summed E-state index contributed by atoms with van der Waals surface area (Å²) in [7, 11) is 1.81. The lowest BCUT2D eigenvalue weighted by Gasteiger charge is -2.09. The number of carbonyl (C=O) groups is 1. The molecule has 1 aliphatic heterocycles. The standard InChI is InChI=1S/C19H18N4O2/c1-23-10-14-8-12(2-4-15(14)19(23)25)13-3-5-17-16(9-13)18(20-6-7-24)22-11-21-17/h2-5,8-9,11,24H,6-7,10H2,1H3,(H,20,21,22). The predicted molar refractivity (Wildman–Crippen MR) is 96.3 cm³/mol. The molecule has 2 aromatic carbocycles. The zero-order chi connectivity index (χ0) is 17.4. The number of carbonyl (C=O) groups excluding carboxylic acids is 1. The van der Waals surface area contributed by atoms with Gasteiger partial charge in [-0.2, -0.15) is 0 Å². The molecule has 1 aromatic heterocycles. The zero-order valence-electron chi connectivity index (χ0n) is 13.9. The van der Waals surface area contributed by atoms with Gasteiger partial charge in [0, 0.05) is 31.1 Å². The fourth-order valence-corrected chi connectivity index (χ4v) is 3.20. The fraction of sp³-hybridized carbons (Fsp3) is 0.211. The summed E-state index contributed by atoms with van der Waals surface area (Å²) in [5, 5.41) is 13.0. The van der Waals surface area contributed by atoms with Crippen molar-refractivity contribution in [3.8, 4) is 11.1 Å². The number of nitrogens with one attached hydrogen (secondary N) is 1. The van der Waals surface area contributed by atoms with Crippen LogP contribution in [-0.4, -0.2) is 46.1 Å². The van der Waals surface area contributed by atoms with Crippen molar-refractivity contribution in [2.45, 2.75) is 6.54 Å². The van der Waals surface area contributed by atoms with E-state index in [-0.39, 0.29) is 12.5 Å². The summed E-state index contributed by atoms with van der Waals surface area (Å²) in [6, 6.07) is 12.0. The second kappa shape index (κ2) is 6.14. The Kier molecular flexibility index (Phi) is 3.82. The highest BCUT2D eigenvalue weighted by Crippen LogP contribution is 2.30. The number of rotatable bonds is 4. The van der Waals surface area contributed by atoms with Crippen molar-refractivity contribution in [1.29, 1.82) is 0 Å². The zero-order valence-corrected chi connectivity index (χ0v) is 13.9. The van der Waals surface area contributed by atoms with Crippen LogP contribution >= 0.6 is 0 Å². The van der Waals surface area contributed by atoms with E-state index < -0.39 is 0 Å². The van der Waals surface area contributed by atoms with Gasteiger partial charge in [-0.15, -0.1) is 0 Å². The van der Waals surface area contributed by atoms with Crippen LogP contribution in [0.5, 0.6) is 0 Å². The number of hydrogen-bond donors (Lipinski definition) is 2. The molecule has 2 heterocycles. The molecular weight excluding hydrogens is 316 g/mol. The smallest absolute Gasteiger partial charge is 0.254 e. The molecule has 6 heteroatoms. The highest BCUT2D eigenvalue weighted by Gasteiger charge is 2.24. The van der Waals surface area contributed by atoms with Crippen molar-refractivity contribution >= 4 is 22.6 Å². The molecule has 126 valence electrons. The van der Waals surface area contributed by atoms with Gasteiger partial charge < -0.3 is 15.3 Å². The van der Waals surface area contributed by atoms with E-state index >= 15 is 0 Å². The lowest BCUT2D eigenvalue weighted by molar-refractivity contribution is 0.0816. The Balaban J connectivity index is 1.77. The summed E-state index contributed by atoms with van der Waals surface area (Å²) in [4.78, 5) is 22.3. The van der Waals surface area contributed by atoms with Crippen LogP contribution in [-0.2, 0) is 6.54 Å². The minimum atomic E-state index is 0.0392. The van der Waals surface area contributed by atoms with E-state index in [0.29, 0.717) is 18.9 Å². The first kappa shape index (κ1) is 15.5. The molecule has 2 N–H and O–H groups in total. The highest BCUT2D eigenvalue weighted by molar-refractivity contribution is 5.99. The molecular formula is C19H18N4O2. The number of anilines is 1. The molecule has 0 radical (unpaired) electrons. The molecule has 0 bridgehead atoms. The summed E-state index contributed by atoms with van der Waals surface area (Å²) in [5.74, 6) is 0.779. The van der Waals surface area contributed by atoms with Gasteiger partial charge in [-0.1, -0.05) is 12.1 Å². The number of aliphatic hydroxyl groups excluding tert-OH is 1. The molecule has 4 rings (SSSR count). The van der Waals surface area contributed by atoms with Gasteiger partial charge in [0.05, 0.1) is 12.1 Å². The maximum Gasteiger partial charge on any atom is 0.254 e. The van der Waals surface area contributed by atoms with Crippen molar-refractivity contribution in [3.63, 3.8) is 0 Å². The first-order chi connectivity index (χ1) is 12.2. The molecule has 0 fully saturated rings. The monoisotopic (exact) mass is 334 g/mol. The minimum Gasteiger partial charge on any atom is -0.395 e. The van der Waals surface area contributed by atoms with Crippen LogP contribution in [0.15, 0.2) is 42.7 Å². The second-order valence-corrected chi connectivity index (χ2v) is 6.14. The molecule has 1 aliphatic rings. The SMILES string of the molecule is CN1Cc2cc(-c3ccc4ncnc(NCCO)c4c3)ccc2C1=O. The number of hydrogen-bond acceptors (Lipinski definition) is 5. The van der Waals surface area contributed by atoms with Crippen molar-refractivity contribution in [1.82, 2.24) is 14.9 Å². The van der Waals surface area contributed by atoms with Gasteiger partial charge >= 0.3 is 0 Å². The Morgan fingerprint density at radius 2 is 1.96 bits per heavy atom. The van der Waals surface area contributed by atoms with E-state index in [1.54, 1.807) is 4.90 Å². The Hall–Kier alpha value is -2.99. The minimum absolute atomic E-state index is 0.0392. The third-order valence-electron chi connectivity index (χ3n) is 4.46. The summed E-state index contributed by atoms with van der Waals surface area (Å²) in [6.07, 6.45) is 1.51. The van der Waals surface area contributed by atoms with E-state index in [1.165, 1.54) is 6.33 Å². The lowest BCUT2D eigenvalue weighted by Crippen LogP contribution is -2.17. The normalized spacial score (nSPS) is 13.4. The molecule has 1 amide bonds. The quantitative estimate of drug-likeness (QED) is 0.765. The first-order valence-electron chi connectivity index (χ1n) is 8.15. The second-order valence-electron chi connectivity index (χ2n) is 6.14. The van der Waals surface area contributed by atoms with E-state index in [1.807, 2.05) is 37.4 Å². The van der Waals surface area contributed by atoms with Gasteiger partial charge in [0.1, 0.15) is 12.1 Å². The predicted octanol–water partition coefficient (Wildman–Crippen LogP) is 2.29. The Labute approximate surface area is 145 Å². The maximum absolute atomic E-state index is 12.0. The largest absolute Gasteiger partial charge is 0.395 e. The molecule has 25 heavy (non-hydrogen) atoms. The average Bonchev–Trinajstić information content (AvgIpc) is 2.93. The molecule has 0 aliphatic carbocycles. The third-order valence-corrected chi connectivity index (χ3v) is 4.46. The lowest BCUT2D eigenvalue weighted by atomic mass is 9.99. The van der Waals surface area contributed by atoms with Gasteiger partial charge in [-0.05, 0) is 41.0 Å². The maximum atomic E-state index is 12.0. The Bertz CT molecular complexity index is 971. The molecule has 6 nitrogen and oxygen atoms in total. The topological polar surface area (TPSA) is 78.3 Å². The van der Waals surface area contributed by atoms with Gasteiger partial charge in [-0.25, -0.2) is 9.97 Å². The van der Waals surface area contributed by atoms with Crippen LogP contribution in [0.25, 0.3) is 22.0 Å². The van der Waals surface area contributed by atoms with Crippen LogP contribution < -0.4 is 5.32 Å². The van der Waals surface area contributed by atoms with Gasteiger partial charge in [0.2, 0.25) is 0 Å². The summed E-state index contributed by atoms with van der Waals surface area (Å²) >= 11 is 0. The molecule has 0 saturated carbocycles. The fourth-order valence-electron chi connectivity index (χ4n) is 3.20. The van der Waals surface area contributed by atoms with E-state index in [2.05, 4.69) is 21.4 Å². The van der Waals surface area contributed by atoms with Crippen LogP contribution in [0.1, 0.15) is 15.9 Å². The molecule has 0 saturated heterocycles. The Morgan fingerprint density at radius 1 is 1.16 bits per heavy atom. The number of aromatic nitrogens is 2. The van der Waals surface area contributed by atoms with E-state index in [0.717, 1.165) is 33.2 Å². The van der Waals surface area contributed by atoms with Crippen molar-refractivity contribution in [2.75, 3.05) is 25.5 Å². The van der Waals surface area contributed by atoms with Crippen molar-refractivity contribution in [2.24, 2.45) is 0 Å². The number of fused-ring (bicyclic) bond motifs is 2.